The van der Waals surface area contributed by atoms with Crippen molar-refractivity contribution in [1.29, 1.82) is 5.26 Å². The highest BCUT2D eigenvalue weighted by molar-refractivity contribution is 7.91. The number of ether oxygens (including phenoxy) is 1. The quantitative estimate of drug-likeness (QED) is 0.392. The number of nitriles is 1. The van der Waals surface area contributed by atoms with Crippen LogP contribution in [0.15, 0.2) is 29.8 Å². The summed E-state index contributed by atoms with van der Waals surface area (Å²) in [5, 5.41) is 9.22. The molecular formula is C19H23N3O5S. The van der Waals surface area contributed by atoms with Crippen LogP contribution >= 0.6 is 0 Å². The molecule has 0 aromatic heterocycles. The molecule has 0 aliphatic carbocycles. The van der Waals surface area contributed by atoms with E-state index in [1.165, 1.54) is 18.0 Å². The SMILES string of the molecule is CN(C)c1ccc(/C=C(\C#N)C(=O)OCC(=O)N(C)[C@@H]2CCS(=O)(=O)C2)cc1. The first kappa shape index (κ1) is 21.4. The van der Waals surface area contributed by atoms with Gasteiger partial charge in [0.2, 0.25) is 0 Å². The molecule has 1 heterocycles. The molecule has 1 aliphatic rings. The van der Waals surface area contributed by atoms with Gasteiger partial charge < -0.3 is 14.5 Å². The maximum atomic E-state index is 12.2. The topological polar surface area (TPSA) is 108 Å². The Bertz CT molecular complexity index is 914. The van der Waals surface area contributed by atoms with Gasteiger partial charge in [0, 0.05) is 32.9 Å². The third kappa shape index (κ3) is 5.57. The van der Waals surface area contributed by atoms with Gasteiger partial charge in [-0.2, -0.15) is 5.26 Å². The van der Waals surface area contributed by atoms with Gasteiger partial charge in [-0.25, -0.2) is 13.2 Å². The zero-order valence-electron chi connectivity index (χ0n) is 16.1. The minimum atomic E-state index is -3.12. The van der Waals surface area contributed by atoms with Crippen LogP contribution < -0.4 is 4.90 Å². The molecular weight excluding hydrogens is 382 g/mol. The van der Waals surface area contributed by atoms with Gasteiger partial charge >= 0.3 is 5.97 Å². The number of benzene rings is 1. The molecule has 150 valence electrons. The van der Waals surface area contributed by atoms with Crippen LogP contribution in [0.2, 0.25) is 0 Å². The fraction of sp³-hybridized carbons (Fsp3) is 0.421. The molecule has 1 fully saturated rings. The van der Waals surface area contributed by atoms with Gasteiger partial charge in [0.25, 0.3) is 5.91 Å². The highest BCUT2D eigenvalue weighted by Gasteiger charge is 2.33. The molecule has 8 nitrogen and oxygen atoms in total. The van der Waals surface area contributed by atoms with Crippen molar-refractivity contribution in [3.05, 3.63) is 35.4 Å². The van der Waals surface area contributed by atoms with E-state index in [-0.39, 0.29) is 17.1 Å². The van der Waals surface area contributed by atoms with E-state index in [9.17, 15) is 23.3 Å². The fourth-order valence-electron chi connectivity index (χ4n) is 2.76. The molecule has 1 saturated heterocycles. The van der Waals surface area contributed by atoms with Crippen molar-refractivity contribution >= 4 is 33.5 Å². The number of esters is 1. The molecule has 1 atom stereocenters. The third-order valence-corrected chi connectivity index (χ3v) is 6.29. The third-order valence-electron chi connectivity index (χ3n) is 4.54. The lowest BCUT2D eigenvalue weighted by Gasteiger charge is -2.23. The number of carbonyl (C=O) groups is 2. The molecule has 0 radical (unpaired) electrons. The van der Waals surface area contributed by atoms with E-state index >= 15 is 0 Å². The van der Waals surface area contributed by atoms with Crippen LogP contribution in [-0.4, -0.2) is 70.5 Å². The maximum absolute atomic E-state index is 12.2. The first-order valence-corrected chi connectivity index (χ1v) is 10.5. The zero-order valence-corrected chi connectivity index (χ0v) is 16.9. The van der Waals surface area contributed by atoms with Gasteiger partial charge in [-0.3, -0.25) is 4.79 Å². The van der Waals surface area contributed by atoms with Crippen LogP contribution in [0.25, 0.3) is 6.08 Å². The van der Waals surface area contributed by atoms with Gasteiger partial charge in [0.15, 0.2) is 16.4 Å². The van der Waals surface area contributed by atoms with Crippen molar-refractivity contribution in [3.8, 4) is 6.07 Å². The van der Waals surface area contributed by atoms with E-state index in [1.54, 1.807) is 18.2 Å². The predicted molar refractivity (Wildman–Crippen MR) is 105 cm³/mol. The van der Waals surface area contributed by atoms with Gasteiger partial charge in [0.05, 0.1) is 11.5 Å². The number of anilines is 1. The number of hydrogen-bond donors (Lipinski definition) is 0. The van der Waals surface area contributed by atoms with Crippen LogP contribution in [0.5, 0.6) is 0 Å². The average Bonchev–Trinajstić information content (AvgIpc) is 3.03. The largest absolute Gasteiger partial charge is 0.451 e. The van der Waals surface area contributed by atoms with Crippen LogP contribution in [0, 0.1) is 11.3 Å². The van der Waals surface area contributed by atoms with Crippen molar-refractivity contribution in [1.82, 2.24) is 4.90 Å². The maximum Gasteiger partial charge on any atom is 0.349 e. The zero-order chi connectivity index (χ0) is 20.9. The number of sulfone groups is 1. The molecule has 0 bridgehead atoms. The molecule has 1 aromatic rings. The minimum absolute atomic E-state index is 0.0446. The smallest absolute Gasteiger partial charge is 0.349 e. The second-order valence-corrected chi connectivity index (χ2v) is 9.02. The number of likely N-dealkylation sites (N-methyl/N-ethyl adjacent to an activating group) is 1. The Morgan fingerprint density at radius 3 is 2.39 bits per heavy atom. The predicted octanol–water partition coefficient (Wildman–Crippen LogP) is 0.848. The van der Waals surface area contributed by atoms with E-state index in [1.807, 2.05) is 31.1 Å². The van der Waals surface area contributed by atoms with E-state index in [0.29, 0.717) is 12.0 Å². The summed E-state index contributed by atoms with van der Waals surface area (Å²) in [6.07, 6.45) is 1.75. The van der Waals surface area contributed by atoms with Crippen molar-refractivity contribution in [2.75, 3.05) is 44.2 Å². The highest BCUT2D eigenvalue weighted by Crippen LogP contribution is 2.17. The van der Waals surface area contributed by atoms with Crippen LogP contribution in [0.4, 0.5) is 5.69 Å². The molecule has 0 saturated carbocycles. The average molecular weight is 405 g/mol. The minimum Gasteiger partial charge on any atom is -0.451 e. The summed E-state index contributed by atoms with van der Waals surface area (Å²) in [5.41, 5.74) is 1.40. The second kappa shape index (κ2) is 8.89. The summed E-state index contributed by atoms with van der Waals surface area (Å²) in [6, 6.07) is 8.58. The number of nitrogens with zero attached hydrogens (tertiary/aromatic N) is 3. The lowest BCUT2D eigenvalue weighted by atomic mass is 10.1. The van der Waals surface area contributed by atoms with Crippen molar-refractivity contribution in [2.45, 2.75) is 12.5 Å². The standard InChI is InChI=1S/C19H23N3O5S/c1-21(2)16-6-4-14(5-7-16)10-15(11-20)19(24)27-12-18(23)22(3)17-8-9-28(25,26)13-17/h4-7,10,17H,8-9,12-13H2,1-3H3/b15-10+/t17-/m1/s1. The van der Waals surface area contributed by atoms with Gasteiger partial charge in [-0.15, -0.1) is 0 Å². The number of hydrogen-bond acceptors (Lipinski definition) is 7. The Labute approximate surface area is 164 Å². The lowest BCUT2D eigenvalue weighted by Crippen LogP contribution is -2.40. The van der Waals surface area contributed by atoms with Crippen molar-refractivity contribution < 1.29 is 22.7 Å². The Balaban J connectivity index is 1.96. The summed E-state index contributed by atoms with van der Waals surface area (Å²) >= 11 is 0. The van der Waals surface area contributed by atoms with E-state index in [4.69, 9.17) is 4.74 Å². The molecule has 0 unspecified atom stereocenters. The van der Waals surface area contributed by atoms with E-state index in [0.717, 1.165) is 5.69 Å². The number of rotatable bonds is 6. The number of carbonyl (C=O) groups excluding carboxylic acids is 2. The van der Waals surface area contributed by atoms with E-state index < -0.39 is 34.4 Å². The summed E-state index contributed by atoms with van der Waals surface area (Å²) in [4.78, 5) is 27.5. The van der Waals surface area contributed by atoms with Crippen LogP contribution in [0.1, 0.15) is 12.0 Å². The lowest BCUT2D eigenvalue weighted by molar-refractivity contribution is -0.148. The monoisotopic (exact) mass is 405 g/mol. The summed E-state index contributed by atoms with van der Waals surface area (Å²) < 4.78 is 28.0. The van der Waals surface area contributed by atoms with Gasteiger partial charge in [-0.05, 0) is 30.2 Å². The molecule has 0 N–H and O–H groups in total. The molecule has 2 rings (SSSR count). The molecule has 9 heteroatoms. The normalized spacial score (nSPS) is 18.2. The Morgan fingerprint density at radius 2 is 1.89 bits per heavy atom. The van der Waals surface area contributed by atoms with Crippen molar-refractivity contribution in [3.63, 3.8) is 0 Å². The van der Waals surface area contributed by atoms with Crippen LogP contribution in [0.3, 0.4) is 0 Å². The first-order valence-electron chi connectivity index (χ1n) is 8.65. The highest BCUT2D eigenvalue weighted by atomic mass is 32.2. The van der Waals surface area contributed by atoms with Gasteiger partial charge in [-0.1, -0.05) is 12.1 Å². The van der Waals surface area contributed by atoms with Crippen LogP contribution in [-0.2, 0) is 24.2 Å². The van der Waals surface area contributed by atoms with E-state index in [2.05, 4.69) is 0 Å². The molecule has 0 spiro atoms. The molecule has 1 amide bonds. The summed E-state index contributed by atoms with van der Waals surface area (Å²) in [7, 11) is 2.16. The summed E-state index contributed by atoms with van der Waals surface area (Å²) in [5.74, 6) is -1.46. The molecule has 1 aromatic carbocycles. The molecule has 28 heavy (non-hydrogen) atoms. The number of amides is 1. The molecule has 1 aliphatic heterocycles. The Kier molecular flexibility index (Phi) is 6.80. The Morgan fingerprint density at radius 1 is 1.25 bits per heavy atom. The summed E-state index contributed by atoms with van der Waals surface area (Å²) in [6.45, 7) is -0.551. The first-order chi connectivity index (χ1) is 13.1. The second-order valence-electron chi connectivity index (χ2n) is 6.79. The fourth-order valence-corrected chi connectivity index (χ4v) is 4.54. The van der Waals surface area contributed by atoms with Gasteiger partial charge in [0.1, 0.15) is 11.6 Å². The Hall–Kier alpha value is -2.86. The van der Waals surface area contributed by atoms with Crippen molar-refractivity contribution in [2.24, 2.45) is 0 Å².